The first-order valence-electron chi connectivity index (χ1n) is 5.46. The molecule has 14 heavy (non-hydrogen) atoms. The first-order chi connectivity index (χ1) is 6.86. The Balaban J connectivity index is 1.54. The van der Waals surface area contributed by atoms with Crippen molar-refractivity contribution in [1.29, 1.82) is 0 Å². The molecule has 1 aliphatic carbocycles. The molecule has 1 aliphatic heterocycles. The summed E-state index contributed by atoms with van der Waals surface area (Å²) in [7, 11) is 0. The van der Waals surface area contributed by atoms with Gasteiger partial charge < -0.3 is 15.4 Å². The van der Waals surface area contributed by atoms with Gasteiger partial charge in [-0.3, -0.25) is 4.79 Å². The van der Waals surface area contributed by atoms with E-state index < -0.39 is 0 Å². The van der Waals surface area contributed by atoms with E-state index in [4.69, 9.17) is 4.74 Å². The third-order valence-electron chi connectivity index (χ3n) is 2.72. The monoisotopic (exact) mass is 198 g/mol. The van der Waals surface area contributed by atoms with Crippen molar-refractivity contribution in [1.82, 2.24) is 10.6 Å². The molecular weight excluding hydrogens is 180 g/mol. The van der Waals surface area contributed by atoms with Crippen molar-refractivity contribution in [3.63, 3.8) is 0 Å². The Hall–Kier alpha value is -0.610. The Morgan fingerprint density at radius 1 is 1.50 bits per heavy atom. The van der Waals surface area contributed by atoms with Crippen molar-refractivity contribution in [3.8, 4) is 0 Å². The molecule has 2 fully saturated rings. The summed E-state index contributed by atoms with van der Waals surface area (Å²) in [5, 5.41) is 6.22. The second kappa shape index (κ2) is 4.75. The van der Waals surface area contributed by atoms with E-state index >= 15 is 0 Å². The summed E-state index contributed by atoms with van der Waals surface area (Å²) in [4.78, 5) is 11.3. The summed E-state index contributed by atoms with van der Waals surface area (Å²) in [5.74, 6) is 0.550. The summed E-state index contributed by atoms with van der Waals surface area (Å²) in [5.41, 5.74) is 0. The highest BCUT2D eigenvalue weighted by Crippen LogP contribution is 2.28. The van der Waals surface area contributed by atoms with Gasteiger partial charge in [-0.15, -0.1) is 0 Å². The van der Waals surface area contributed by atoms with Crippen LogP contribution in [0.2, 0.25) is 0 Å². The fourth-order valence-corrected chi connectivity index (χ4v) is 1.65. The number of carbonyl (C=O) groups excluding carboxylic acids is 1. The highest BCUT2D eigenvalue weighted by Gasteiger charge is 2.29. The van der Waals surface area contributed by atoms with E-state index in [1.807, 2.05) is 0 Å². The molecule has 0 aromatic rings. The van der Waals surface area contributed by atoms with Gasteiger partial charge in [-0.1, -0.05) is 0 Å². The maximum Gasteiger partial charge on any atom is 0.223 e. The molecule has 1 heterocycles. The third kappa shape index (κ3) is 2.96. The van der Waals surface area contributed by atoms with Crippen LogP contribution in [0.5, 0.6) is 0 Å². The second-order valence-corrected chi connectivity index (χ2v) is 4.05. The maximum atomic E-state index is 11.3. The van der Waals surface area contributed by atoms with Crippen LogP contribution >= 0.6 is 0 Å². The molecule has 1 saturated heterocycles. The molecule has 0 bridgehead atoms. The van der Waals surface area contributed by atoms with Gasteiger partial charge in [0.1, 0.15) is 0 Å². The van der Waals surface area contributed by atoms with Gasteiger partial charge in [-0.05, 0) is 19.3 Å². The quantitative estimate of drug-likeness (QED) is 0.663. The van der Waals surface area contributed by atoms with Crippen LogP contribution in [-0.4, -0.2) is 38.3 Å². The Bertz CT molecular complexity index is 198. The average Bonchev–Trinajstić information content (AvgIpc) is 3.02. The molecule has 1 amide bonds. The van der Waals surface area contributed by atoms with Crippen LogP contribution in [0.3, 0.4) is 0 Å². The van der Waals surface area contributed by atoms with E-state index in [1.54, 1.807) is 0 Å². The number of rotatable bonds is 4. The van der Waals surface area contributed by atoms with Gasteiger partial charge in [0.2, 0.25) is 5.91 Å². The Kier molecular flexibility index (Phi) is 3.37. The fraction of sp³-hybridized carbons (Fsp3) is 0.900. The minimum Gasteiger partial charge on any atom is -0.376 e. The molecule has 2 aliphatic rings. The number of nitrogens with one attached hydrogen (secondary N) is 2. The van der Waals surface area contributed by atoms with Crippen molar-refractivity contribution in [2.24, 2.45) is 5.92 Å². The molecule has 4 heteroatoms. The summed E-state index contributed by atoms with van der Waals surface area (Å²) in [6.07, 6.45) is 3.36. The molecule has 4 nitrogen and oxygen atoms in total. The van der Waals surface area contributed by atoms with Gasteiger partial charge in [-0.2, -0.15) is 0 Å². The molecule has 0 aromatic carbocycles. The number of carbonyl (C=O) groups is 1. The van der Waals surface area contributed by atoms with Gasteiger partial charge in [0.25, 0.3) is 0 Å². The average molecular weight is 198 g/mol. The molecule has 2 N–H and O–H groups in total. The third-order valence-corrected chi connectivity index (χ3v) is 2.72. The van der Waals surface area contributed by atoms with Gasteiger partial charge in [-0.25, -0.2) is 0 Å². The van der Waals surface area contributed by atoms with E-state index in [0.717, 1.165) is 45.5 Å². The molecule has 1 saturated carbocycles. The predicted octanol–water partition coefficient (Wildman–Crippen LogP) is -0.109. The van der Waals surface area contributed by atoms with Crippen molar-refractivity contribution >= 4 is 5.91 Å². The van der Waals surface area contributed by atoms with Crippen LogP contribution in [0, 0.1) is 5.92 Å². The lowest BCUT2D eigenvalue weighted by Gasteiger charge is -2.23. The molecule has 0 radical (unpaired) electrons. The van der Waals surface area contributed by atoms with E-state index in [0.29, 0.717) is 5.92 Å². The maximum absolute atomic E-state index is 11.3. The van der Waals surface area contributed by atoms with Crippen LogP contribution in [0.15, 0.2) is 0 Å². The summed E-state index contributed by atoms with van der Waals surface area (Å²) in [6, 6.07) is 0. The van der Waals surface area contributed by atoms with Crippen LogP contribution in [-0.2, 0) is 9.53 Å². The van der Waals surface area contributed by atoms with Crippen LogP contribution in [0.4, 0.5) is 0 Å². The highest BCUT2D eigenvalue weighted by molar-refractivity contribution is 5.80. The fourth-order valence-electron chi connectivity index (χ4n) is 1.65. The van der Waals surface area contributed by atoms with E-state index in [9.17, 15) is 4.79 Å². The smallest absolute Gasteiger partial charge is 0.223 e. The Morgan fingerprint density at radius 2 is 2.36 bits per heavy atom. The summed E-state index contributed by atoms with van der Waals surface area (Å²) >= 11 is 0. The summed E-state index contributed by atoms with van der Waals surface area (Å²) < 4.78 is 5.52. The summed E-state index contributed by atoms with van der Waals surface area (Å²) in [6.45, 7) is 3.41. The topological polar surface area (TPSA) is 50.4 Å². The van der Waals surface area contributed by atoms with Gasteiger partial charge in [0.05, 0.1) is 12.7 Å². The zero-order valence-electron chi connectivity index (χ0n) is 8.42. The lowest BCUT2D eigenvalue weighted by Crippen LogP contribution is -2.40. The van der Waals surface area contributed by atoms with Crippen molar-refractivity contribution < 1.29 is 9.53 Å². The molecule has 80 valence electrons. The molecule has 0 aromatic heterocycles. The molecule has 0 spiro atoms. The van der Waals surface area contributed by atoms with E-state index in [1.165, 1.54) is 0 Å². The van der Waals surface area contributed by atoms with Crippen molar-refractivity contribution in [2.75, 3.05) is 26.2 Å². The standard InChI is InChI=1S/C10H18N2O2/c13-10(8-1-2-8)12-4-3-9-7-11-5-6-14-9/h8-9,11H,1-7H2,(H,12,13). The number of morpholine rings is 1. The molecule has 1 atom stereocenters. The molecule has 2 rings (SSSR count). The van der Waals surface area contributed by atoms with Gasteiger partial charge >= 0.3 is 0 Å². The largest absolute Gasteiger partial charge is 0.376 e. The number of hydrogen-bond acceptors (Lipinski definition) is 3. The zero-order valence-corrected chi connectivity index (χ0v) is 8.42. The minimum atomic E-state index is 0.230. The predicted molar refractivity (Wildman–Crippen MR) is 53.0 cm³/mol. The van der Waals surface area contributed by atoms with E-state index in [2.05, 4.69) is 10.6 Å². The first-order valence-corrected chi connectivity index (χ1v) is 5.46. The first kappa shape index (κ1) is 9.93. The van der Waals surface area contributed by atoms with Crippen molar-refractivity contribution in [3.05, 3.63) is 0 Å². The molecule has 1 unspecified atom stereocenters. The lowest BCUT2D eigenvalue weighted by molar-refractivity contribution is -0.122. The van der Waals surface area contributed by atoms with Gasteiger partial charge in [0.15, 0.2) is 0 Å². The minimum absolute atomic E-state index is 0.230. The van der Waals surface area contributed by atoms with Crippen LogP contribution < -0.4 is 10.6 Å². The zero-order chi connectivity index (χ0) is 9.80. The number of amides is 1. The Morgan fingerprint density at radius 3 is 3.00 bits per heavy atom. The van der Waals surface area contributed by atoms with Crippen LogP contribution in [0.25, 0.3) is 0 Å². The second-order valence-electron chi connectivity index (χ2n) is 4.05. The molecular formula is C10H18N2O2. The van der Waals surface area contributed by atoms with Crippen LogP contribution in [0.1, 0.15) is 19.3 Å². The van der Waals surface area contributed by atoms with Crippen molar-refractivity contribution in [2.45, 2.75) is 25.4 Å². The van der Waals surface area contributed by atoms with E-state index in [-0.39, 0.29) is 12.0 Å². The number of ether oxygens (including phenoxy) is 1. The highest BCUT2D eigenvalue weighted by atomic mass is 16.5. The Labute approximate surface area is 84.4 Å². The number of hydrogen-bond donors (Lipinski definition) is 2. The SMILES string of the molecule is O=C(NCCC1CNCCO1)C1CC1. The normalized spacial score (nSPS) is 27.3. The van der Waals surface area contributed by atoms with Gasteiger partial charge in [0, 0.05) is 25.6 Å². The lowest BCUT2D eigenvalue weighted by atomic mass is 10.2.